The Labute approximate surface area is 73.5 Å². The molecule has 4 heteroatoms. The molecule has 0 rings (SSSR count). The van der Waals surface area contributed by atoms with Crippen molar-refractivity contribution in [1.82, 2.24) is 5.32 Å². The first-order chi connectivity index (χ1) is 5.49. The molecule has 0 aliphatic heterocycles. The third-order valence-electron chi connectivity index (χ3n) is 1.41. The summed E-state index contributed by atoms with van der Waals surface area (Å²) in [6.45, 7) is 4.33. The molecule has 4 nitrogen and oxygen atoms in total. The van der Waals surface area contributed by atoms with Gasteiger partial charge >= 0.3 is 0 Å². The zero-order chi connectivity index (χ0) is 9.61. The van der Waals surface area contributed by atoms with E-state index in [1.54, 1.807) is 21.0 Å². The molecule has 0 aromatic carbocycles. The van der Waals surface area contributed by atoms with Crippen molar-refractivity contribution < 1.29 is 14.9 Å². The van der Waals surface area contributed by atoms with Gasteiger partial charge in [-0.15, -0.1) is 0 Å². The van der Waals surface area contributed by atoms with Crippen molar-refractivity contribution in [2.24, 2.45) is 0 Å². The molecule has 0 fully saturated rings. The Morgan fingerprint density at radius 2 is 2.08 bits per heavy atom. The largest absolute Gasteiger partial charge is 0.395 e. The first-order valence-corrected chi connectivity index (χ1v) is 4.05. The Kier molecular flexibility index (Phi) is 5.41. The molecule has 1 atom stereocenters. The van der Waals surface area contributed by atoms with Crippen LogP contribution in [0.5, 0.6) is 0 Å². The number of nitrogens with one attached hydrogen (secondary N) is 1. The van der Waals surface area contributed by atoms with E-state index in [-0.39, 0.29) is 12.6 Å². The van der Waals surface area contributed by atoms with Crippen LogP contribution in [0, 0.1) is 0 Å². The standard InChI is InChI=1S/C8H19NO3/c1-8(2,11)6-9-7(4-10)5-12-3/h7,9-11H,4-6H2,1-3H3. The minimum atomic E-state index is -0.749. The summed E-state index contributed by atoms with van der Waals surface area (Å²) in [6, 6.07) is -0.0959. The normalized spacial score (nSPS) is 14.8. The van der Waals surface area contributed by atoms with Gasteiger partial charge in [-0.3, -0.25) is 0 Å². The highest BCUT2D eigenvalue weighted by Gasteiger charge is 2.14. The van der Waals surface area contributed by atoms with E-state index >= 15 is 0 Å². The number of rotatable bonds is 6. The maximum atomic E-state index is 9.35. The maximum absolute atomic E-state index is 9.35. The van der Waals surface area contributed by atoms with Gasteiger partial charge in [0.1, 0.15) is 0 Å². The number of ether oxygens (including phenoxy) is 1. The molecule has 0 aliphatic rings. The Morgan fingerprint density at radius 3 is 2.42 bits per heavy atom. The second-order valence-electron chi connectivity index (χ2n) is 3.53. The van der Waals surface area contributed by atoms with Gasteiger partial charge in [-0.2, -0.15) is 0 Å². The number of methoxy groups -OCH3 is 1. The molecule has 0 saturated carbocycles. The lowest BCUT2D eigenvalue weighted by Crippen LogP contribution is -2.44. The predicted octanol–water partition coefficient (Wildman–Crippen LogP) is -0.646. The van der Waals surface area contributed by atoms with Crippen molar-refractivity contribution in [1.29, 1.82) is 0 Å². The van der Waals surface area contributed by atoms with Gasteiger partial charge in [0.2, 0.25) is 0 Å². The van der Waals surface area contributed by atoms with Gasteiger partial charge in [-0.05, 0) is 13.8 Å². The van der Waals surface area contributed by atoms with Crippen molar-refractivity contribution in [2.45, 2.75) is 25.5 Å². The monoisotopic (exact) mass is 177 g/mol. The van der Waals surface area contributed by atoms with Crippen molar-refractivity contribution in [3.8, 4) is 0 Å². The molecule has 74 valence electrons. The number of hydrogen-bond donors (Lipinski definition) is 3. The second kappa shape index (κ2) is 5.48. The molecule has 0 amide bonds. The average Bonchev–Trinajstić information content (AvgIpc) is 1.96. The van der Waals surface area contributed by atoms with Crippen LogP contribution in [0.15, 0.2) is 0 Å². The maximum Gasteiger partial charge on any atom is 0.0715 e. The fraction of sp³-hybridized carbons (Fsp3) is 1.00. The van der Waals surface area contributed by atoms with Gasteiger partial charge in [-0.25, -0.2) is 0 Å². The molecule has 1 unspecified atom stereocenters. The summed E-state index contributed by atoms with van der Waals surface area (Å²) in [5, 5.41) is 21.2. The molecule has 0 spiro atoms. The fourth-order valence-electron chi connectivity index (χ4n) is 0.771. The van der Waals surface area contributed by atoms with Crippen molar-refractivity contribution in [2.75, 3.05) is 26.9 Å². The van der Waals surface area contributed by atoms with E-state index in [2.05, 4.69) is 5.32 Å². The number of aliphatic hydroxyl groups excluding tert-OH is 1. The molecule has 0 bridgehead atoms. The van der Waals surface area contributed by atoms with Crippen molar-refractivity contribution in [3.05, 3.63) is 0 Å². The van der Waals surface area contributed by atoms with E-state index in [4.69, 9.17) is 9.84 Å². The topological polar surface area (TPSA) is 61.7 Å². The smallest absolute Gasteiger partial charge is 0.0715 e. The van der Waals surface area contributed by atoms with Gasteiger partial charge in [0.15, 0.2) is 0 Å². The summed E-state index contributed by atoms with van der Waals surface area (Å²) in [5.41, 5.74) is -0.749. The van der Waals surface area contributed by atoms with E-state index < -0.39 is 5.60 Å². The third kappa shape index (κ3) is 6.54. The molecular formula is C8H19NO3. The van der Waals surface area contributed by atoms with Crippen LogP contribution >= 0.6 is 0 Å². The van der Waals surface area contributed by atoms with Gasteiger partial charge in [-0.1, -0.05) is 0 Å². The Bertz CT molecular complexity index is 111. The first-order valence-electron chi connectivity index (χ1n) is 4.05. The Morgan fingerprint density at radius 1 is 1.50 bits per heavy atom. The molecule has 0 aromatic rings. The molecule has 0 heterocycles. The lowest BCUT2D eigenvalue weighted by atomic mass is 10.1. The van der Waals surface area contributed by atoms with Crippen molar-refractivity contribution in [3.63, 3.8) is 0 Å². The predicted molar refractivity (Wildman–Crippen MR) is 47.1 cm³/mol. The van der Waals surface area contributed by atoms with Gasteiger partial charge in [0.25, 0.3) is 0 Å². The van der Waals surface area contributed by atoms with Gasteiger partial charge in [0.05, 0.1) is 24.9 Å². The minimum Gasteiger partial charge on any atom is -0.395 e. The first kappa shape index (κ1) is 11.8. The molecule has 0 aliphatic carbocycles. The number of aliphatic hydroxyl groups is 2. The summed E-state index contributed by atoms with van der Waals surface area (Å²) in [6.07, 6.45) is 0. The summed E-state index contributed by atoms with van der Waals surface area (Å²) >= 11 is 0. The van der Waals surface area contributed by atoms with Crippen LogP contribution in [0.25, 0.3) is 0 Å². The third-order valence-corrected chi connectivity index (χ3v) is 1.41. The van der Waals surface area contributed by atoms with Crippen LogP contribution in [-0.2, 0) is 4.74 Å². The molecular weight excluding hydrogens is 158 g/mol. The quantitative estimate of drug-likeness (QED) is 0.505. The Balaban J connectivity index is 3.58. The van der Waals surface area contributed by atoms with Gasteiger partial charge in [0, 0.05) is 13.7 Å². The summed E-state index contributed by atoms with van der Waals surface area (Å²) in [7, 11) is 1.58. The lowest BCUT2D eigenvalue weighted by molar-refractivity contribution is 0.0623. The molecule has 0 saturated heterocycles. The number of hydrogen-bond acceptors (Lipinski definition) is 4. The van der Waals surface area contributed by atoms with Crippen LogP contribution in [0.1, 0.15) is 13.8 Å². The summed E-state index contributed by atoms with van der Waals surface area (Å²) in [4.78, 5) is 0. The van der Waals surface area contributed by atoms with E-state index in [0.29, 0.717) is 13.2 Å². The molecule has 0 aromatic heterocycles. The molecule has 0 radical (unpaired) electrons. The van der Waals surface area contributed by atoms with E-state index in [9.17, 15) is 5.11 Å². The fourth-order valence-corrected chi connectivity index (χ4v) is 0.771. The van der Waals surface area contributed by atoms with Crippen LogP contribution in [0.3, 0.4) is 0 Å². The zero-order valence-corrected chi connectivity index (χ0v) is 8.00. The lowest BCUT2D eigenvalue weighted by Gasteiger charge is -2.22. The van der Waals surface area contributed by atoms with Crippen LogP contribution in [0.2, 0.25) is 0 Å². The average molecular weight is 177 g/mol. The summed E-state index contributed by atoms with van der Waals surface area (Å²) < 4.78 is 4.86. The van der Waals surface area contributed by atoms with Gasteiger partial charge < -0.3 is 20.3 Å². The SMILES string of the molecule is COCC(CO)NCC(C)(C)O. The van der Waals surface area contributed by atoms with Crippen molar-refractivity contribution >= 4 is 0 Å². The van der Waals surface area contributed by atoms with Crippen LogP contribution in [-0.4, -0.2) is 48.7 Å². The highest BCUT2D eigenvalue weighted by Crippen LogP contribution is 1.98. The Hall–Kier alpha value is -0.160. The molecule has 12 heavy (non-hydrogen) atoms. The highest BCUT2D eigenvalue weighted by atomic mass is 16.5. The van der Waals surface area contributed by atoms with E-state index in [0.717, 1.165) is 0 Å². The second-order valence-corrected chi connectivity index (χ2v) is 3.53. The zero-order valence-electron chi connectivity index (χ0n) is 8.00. The highest BCUT2D eigenvalue weighted by molar-refractivity contribution is 4.73. The minimum absolute atomic E-state index is 0.0178. The summed E-state index contributed by atoms with van der Waals surface area (Å²) in [5.74, 6) is 0. The van der Waals surface area contributed by atoms with Crippen LogP contribution in [0.4, 0.5) is 0 Å². The van der Waals surface area contributed by atoms with Crippen LogP contribution < -0.4 is 5.32 Å². The van der Waals surface area contributed by atoms with E-state index in [1.807, 2.05) is 0 Å². The molecule has 3 N–H and O–H groups in total. The van der Waals surface area contributed by atoms with E-state index in [1.165, 1.54) is 0 Å².